The van der Waals surface area contributed by atoms with Gasteiger partial charge in [0.2, 0.25) is 0 Å². The van der Waals surface area contributed by atoms with Crippen LogP contribution in [0.4, 0.5) is 0 Å². The number of halogens is 2. The SMILES string of the molecule is CCCn1cc(Oc2ccc(CCl)cc2Br)cn1. The number of rotatable bonds is 5. The Hall–Kier alpha value is -1.00. The lowest BCUT2D eigenvalue weighted by molar-refractivity contribution is 0.477. The normalized spacial score (nSPS) is 10.6. The van der Waals surface area contributed by atoms with E-state index in [0.29, 0.717) is 5.88 Å². The summed E-state index contributed by atoms with van der Waals surface area (Å²) in [7, 11) is 0. The zero-order valence-electron chi connectivity index (χ0n) is 10.1. The van der Waals surface area contributed by atoms with Gasteiger partial charge in [-0.3, -0.25) is 4.68 Å². The lowest BCUT2D eigenvalue weighted by Crippen LogP contribution is -1.95. The van der Waals surface area contributed by atoms with Crippen molar-refractivity contribution in [1.29, 1.82) is 0 Å². The highest BCUT2D eigenvalue weighted by Gasteiger charge is 2.05. The van der Waals surface area contributed by atoms with E-state index in [0.717, 1.165) is 34.5 Å². The molecule has 0 radical (unpaired) electrons. The van der Waals surface area contributed by atoms with E-state index in [1.807, 2.05) is 29.1 Å². The summed E-state index contributed by atoms with van der Waals surface area (Å²) in [5.74, 6) is 2.00. The number of benzene rings is 1. The fourth-order valence-corrected chi connectivity index (χ4v) is 2.26. The third-order valence-electron chi connectivity index (χ3n) is 2.44. The van der Waals surface area contributed by atoms with Gasteiger partial charge < -0.3 is 4.74 Å². The van der Waals surface area contributed by atoms with Crippen LogP contribution in [0.1, 0.15) is 18.9 Å². The van der Waals surface area contributed by atoms with Crippen LogP contribution in [0.5, 0.6) is 11.5 Å². The van der Waals surface area contributed by atoms with Crippen molar-refractivity contribution in [3.8, 4) is 11.5 Å². The van der Waals surface area contributed by atoms with Crippen LogP contribution in [0.25, 0.3) is 0 Å². The number of hydrogen-bond acceptors (Lipinski definition) is 2. The summed E-state index contributed by atoms with van der Waals surface area (Å²) in [4.78, 5) is 0. The molecule has 0 bridgehead atoms. The second-order valence-electron chi connectivity index (χ2n) is 3.94. The fraction of sp³-hybridized carbons (Fsp3) is 0.308. The van der Waals surface area contributed by atoms with Crippen LogP contribution in [0, 0.1) is 0 Å². The Kier molecular flexibility index (Phi) is 4.66. The second kappa shape index (κ2) is 6.25. The first kappa shape index (κ1) is 13.4. The molecule has 96 valence electrons. The summed E-state index contributed by atoms with van der Waals surface area (Å²) in [6.45, 7) is 3.01. The molecular weight excluding hydrogens is 316 g/mol. The van der Waals surface area contributed by atoms with Crippen LogP contribution < -0.4 is 4.74 Å². The van der Waals surface area contributed by atoms with Gasteiger partial charge in [-0.05, 0) is 40.0 Å². The summed E-state index contributed by atoms with van der Waals surface area (Å²) in [6, 6.07) is 5.81. The zero-order valence-corrected chi connectivity index (χ0v) is 12.4. The Labute approximate surface area is 120 Å². The van der Waals surface area contributed by atoms with Crippen LogP contribution in [-0.4, -0.2) is 9.78 Å². The maximum atomic E-state index is 5.77. The van der Waals surface area contributed by atoms with E-state index >= 15 is 0 Å². The van der Waals surface area contributed by atoms with Crippen LogP contribution >= 0.6 is 27.5 Å². The van der Waals surface area contributed by atoms with Crippen molar-refractivity contribution in [2.75, 3.05) is 0 Å². The third kappa shape index (κ3) is 3.27. The van der Waals surface area contributed by atoms with Crippen LogP contribution in [0.3, 0.4) is 0 Å². The predicted octanol–water partition coefficient (Wildman–Crippen LogP) is 4.59. The number of aryl methyl sites for hydroxylation is 1. The standard InChI is InChI=1S/C13H14BrClN2O/c1-2-5-17-9-11(8-16-17)18-13-4-3-10(7-15)6-12(13)14/h3-4,6,8-9H,2,5,7H2,1H3. The van der Waals surface area contributed by atoms with Crippen molar-refractivity contribution in [3.05, 3.63) is 40.6 Å². The smallest absolute Gasteiger partial charge is 0.165 e. The van der Waals surface area contributed by atoms with Gasteiger partial charge in [0.25, 0.3) is 0 Å². The molecule has 18 heavy (non-hydrogen) atoms. The minimum absolute atomic E-state index is 0.493. The molecule has 5 heteroatoms. The van der Waals surface area contributed by atoms with Crippen LogP contribution in [-0.2, 0) is 12.4 Å². The van der Waals surface area contributed by atoms with Crippen LogP contribution in [0.15, 0.2) is 35.1 Å². The molecule has 1 heterocycles. The summed E-state index contributed by atoms with van der Waals surface area (Å²) >= 11 is 9.25. The maximum Gasteiger partial charge on any atom is 0.165 e. The Morgan fingerprint density at radius 1 is 1.44 bits per heavy atom. The van der Waals surface area contributed by atoms with Crippen molar-refractivity contribution < 1.29 is 4.74 Å². The molecule has 0 fully saturated rings. The maximum absolute atomic E-state index is 5.77. The van der Waals surface area contributed by atoms with Gasteiger partial charge in [-0.25, -0.2) is 0 Å². The van der Waals surface area contributed by atoms with Gasteiger partial charge in [-0.15, -0.1) is 11.6 Å². The Balaban J connectivity index is 2.12. The summed E-state index contributed by atoms with van der Waals surface area (Å²) in [5, 5.41) is 4.22. The molecule has 0 saturated carbocycles. The molecule has 3 nitrogen and oxygen atoms in total. The van der Waals surface area contributed by atoms with Gasteiger partial charge >= 0.3 is 0 Å². The average Bonchev–Trinajstić information content (AvgIpc) is 2.80. The van der Waals surface area contributed by atoms with E-state index in [1.54, 1.807) is 6.20 Å². The van der Waals surface area contributed by atoms with Crippen molar-refractivity contribution in [1.82, 2.24) is 9.78 Å². The number of aromatic nitrogens is 2. The van der Waals surface area contributed by atoms with Gasteiger partial charge in [-0.2, -0.15) is 5.10 Å². The molecule has 0 N–H and O–H groups in total. The van der Waals surface area contributed by atoms with E-state index < -0.39 is 0 Å². The molecule has 0 spiro atoms. The van der Waals surface area contributed by atoms with E-state index in [1.165, 1.54) is 0 Å². The first-order chi connectivity index (χ1) is 8.72. The molecule has 0 saturated heterocycles. The Bertz CT molecular complexity index is 527. The first-order valence-corrected chi connectivity index (χ1v) is 7.10. The van der Waals surface area contributed by atoms with Crippen molar-refractivity contribution in [3.63, 3.8) is 0 Å². The molecule has 0 unspecified atom stereocenters. The summed E-state index contributed by atoms with van der Waals surface area (Å²) < 4.78 is 8.53. The molecule has 0 atom stereocenters. The van der Waals surface area contributed by atoms with Gasteiger partial charge in [0.15, 0.2) is 5.75 Å². The molecule has 0 aliphatic heterocycles. The van der Waals surface area contributed by atoms with E-state index in [2.05, 4.69) is 28.0 Å². The molecule has 0 aliphatic carbocycles. The average molecular weight is 330 g/mol. The molecular formula is C13H14BrClN2O. The summed E-state index contributed by atoms with van der Waals surface area (Å²) in [6.07, 6.45) is 4.66. The number of alkyl halides is 1. The highest BCUT2D eigenvalue weighted by Crippen LogP contribution is 2.30. The number of hydrogen-bond donors (Lipinski definition) is 0. The highest BCUT2D eigenvalue weighted by molar-refractivity contribution is 9.10. The molecule has 1 aromatic heterocycles. The highest BCUT2D eigenvalue weighted by atomic mass is 79.9. The lowest BCUT2D eigenvalue weighted by Gasteiger charge is -2.06. The quantitative estimate of drug-likeness (QED) is 0.750. The largest absolute Gasteiger partial charge is 0.453 e. The second-order valence-corrected chi connectivity index (χ2v) is 5.06. The number of nitrogens with zero attached hydrogens (tertiary/aromatic N) is 2. The molecule has 1 aromatic carbocycles. The van der Waals surface area contributed by atoms with Gasteiger partial charge in [0.1, 0.15) is 5.75 Å². The van der Waals surface area contributed by atoms with Crippen molar-refractivity contribution in [2.45, 2.75) is 25.8 Å². The van der Waals surface area contributed by atoms with Crippen molar-refractivity contribution in [2.24, 2.45) is 0 Å². The third-order valence-corrected chi connectivity index (χ3v) is 3.37. The van der Waals surface area contributed by atoms with Crippen molar-refractivity contribution >= 4 is 27.5 Å². The molecule has 0 aliphatic rings. The number of ether oxygens (including phenoxy) is 1. The predicted molar refractivity (Wildman–Crippen MR) is 76.3 cm³/mol. The molecule has 2 rings (SSSR count). The zero-order chi connectivity index (χ0) is 13.0. The van der Waals surface area contributed by atoms with Crippen LogP contribution in [0.2, 0.25) is 0 Å². The topological polar surface area (TPSA) is 27.1 Å². The van der Waals surface area contributed by atoms with E-state index in [4.69, 9.17) is 16.3 Å². The lowest BCUT2D eigenvalue weighted by atomic mass is 10.2. The first-order valence-electron chi connectivity index (χ1n) is 5.77. The monoisotopic (exact) mass is 328 g/mol. The van der Waals surface area contributed by atoms with E-state index in [-0.39, 0.29) is 0 Å². The Morgan fingerprint density at radius 3 is 2.94 bits per heavy atom. The van der Waals surface area contributed by atoms with Gasteiger partial charge in [0, 0.05) is 12.4 Å². The van der Waals surface area contributed by atoms with Gasteiger partial charge in [0.05, 0.1) is 16.9 Å². The van der Waals surface area contributed by atoms with Gasteiger partial charge in [-0.1, -0.05) is 13.0 Å². The minimum atomic E-state index is 0.493. The van der Waals surface area contributed by atoms with E-state index in [9.17, 15) is 0 Å². The Morgan fingerprint density at radius 2 is 2.28 bits per heavy atom. The molecule has 2 aromatic rings. The summed E-state index contributed by atoms with van der Waals surface area (Å²) in [5.41, 5.74) is 1.05. The fourth-order valence-electron chi connectivity index (χ4n) is 1.59. The minimum Gasteiger partial charge on any atom is -0.453 e. The molecule has 0 amide bonds.